The van der Waals surface area contributed by atoms with E-state index in [1.165, 1.54) is 0 Å². The van der Waals surface area contributed by atoms with Crippen LogP contribution in [0.5, 0.6) is 0 Å². The van der Waals surface area contributed by atoms with Crippen molar-refractivity contribution in [1.82, 2.24) is 4.90 Å². The number of hydrogen-bond donors (Lipinski definition) is 2. The van der Waals surface area contributed by atoms with Crippen molar-refractivity contribution in [2.45, 2.75) is 20.3 Å². The van der Waals surface area contributed by atoms with Gasteiger partial charge in [0.2, 0.25) is 0 Å². The van der Waals surface area contributed by atoms with Gasteiger partial charge < -0.3 is 10.6 Å². The third kappa shape index (κ3) is 5.02. The van der Waals surface area contributed by atoms with Crippen molar-refractivity contribution < 1.29 is 14.4 Å². The Morgan fingerprint density at radius 1 is 0.853 bits per heavy atom. The minimum absolute atomic E-state index is 0.00597. The molecule has 4 rings (SSSR count). The van der Waals surface area contributed by atoms with Crippen LogP contribution < -0.4 is 10.6 Å². The molecule has 0 saturated heterocycles. The molecule has 1 heterocycles. The number of nitrogens with zero attached hydrogens (tertiary/aromatic N) is 1. The lowest BCUT2D eigenvalue weighted by molar-refractivity contribution is -0.137. The number of imide groups is 1. The normalized spacial score (nSPS) is 13.4. The Labute approximate surface area is 203 Å². The summed E-state index contributed by atoms with van der Waals surface area (Å²) in [5, 5.41) is 5.64. The molecule has 3 amide bonds. The first-order chi connectivity index (χ1) is 16.3. The van der Waals surface area contributed by atoms with Crippen molar-refractivity contribution in [3.8, 4) is 0 Å². The van der Waals surface area contributed by atoms with E-state index >= 15 is 0 Å². The van der Waals surface area contributed by atoms with E-state index in [1.54, 1.807) is 24.3 Å². The average Bonchev–Trinajstić information content (AvgIpc) is 3.04. The Hall–Kier alpha value is -3.90. The van der Waals surface area contributed by atoms with Crippen LogP contribution in [0.1, 0.15) is 27.0 Å². The SMILES string of the molecule is Cc1ccc(NC(=O)c2cccc(NC3=C(Cl)C(=O)N(CCc4ccccc4)C3=O)c2)cc1C. The molecule has 0 aromatic heterocycles. The van der Waals surface area contributed by atoms with Crippen LogP contribution in [0.4, 0.5) is 11.4 Å². The third-order valence-corrected chi connectivity index (χ3v) is 6.09. The van der Waals surface area contributed by atoms with Gasteiger partial charge in [-0.15, -0.1) is 0 Å². The molecule has 0 unspecified atom stereocenters. The molecule has 1 aliphatic heterocycles. The first-order valence-corrected chi connectivity index (χ1v) is 11.3. The highest BCUT2D eigenvalue weighted by atomic mass is 35.5. The molecule has 34 heavy (non-hydrogen) atoms. The molecule has 7 heteroatoms. The van der Waals surface area contributed by atoms with Crippen molar-refractivity contribution in [3.05, 3.63) is 106 Å². The molecule has 1 aliphatic rings. The first-order valence-electron chi connectivity index (χ1n) is 10.9. The van der Waals surface area contributed by atoms with Crippen LogP contribution in [0.15, 0.2) is 83.5 Å². The van der Waals surface area contributed by atoms with E-state index in [-0.39, 0.29) is 23.2 Å². The maximum atomic E-state index is 12.9. The highest BCUT2D eigenvalue weighted by Crippen LogP contribution is 2.26. The minimum atomic E-state index is -0.534. The van der Waals surface area contributed by atoms with Crippen molar-refractivity contribution >= 4 is 40.7 Å². The average molecular weight is 474 g/mol. The molecule has 0 saturated carbocycles. The van der Waals surface area contributed by atoms with Gasteiger partial charge in [0, 0.05) is 23.5 Å². The molecule has 0 atom stereocenters. The lowest BCUT2D eigenvalue weighted by Gasteiger charge is -2.15. The molecular weight excluding hydrogens is 450 g/mol. The molecule has 172 valence electrons. The van der Waals surface area contributed by atoms with E-state index < -0.39 is 11.8 Å². The first kappa shape index (κ1) is 23.3. The number of anilines is 2. The zero-order valence-corrected chi connectivity index (χ0v) is 19.6. The topological polar surface area (TPSA) is 78.5 Å². The number of benzene rings is 3. The van der Waals surface area contributed by atoms with Crippen LogP contribution in [0.25, 0.3) is 0 Å². The zero-order chi connectivity index (χ0) is 24.2. The fourth-order valence-electron chi connectivity index (χ4n) is 3.65. The Kier molecular flexibility index (Phi) is 6.80. The van der Waals surface area contributed by atoms with Crippen molar-refractivity contribution in [2.75, 3.05) is 17.2 Å². The monoisotopic (exact) mass is 473 g/mol. The fraction of sp³-hybridized carbons (Fsp3) is 0.148. The number of carbonyl (C=O) groups is 3. The molecule has 3 aromatic rings. The summed E-state index contributed by atoms with van der Waals surface area (Å²) in [7, 11) is 0. The lowest BCUT2D eigenvalue weighted by atomic mass is 10.1. The summed E-state index contributed by atoms with van der Waals surface area (Å²) in [6.45, 7) is 4.21. The van der Waals surface area contributed by atoms with Crippen molar-refractivity contribution in [3.63, 3.8) is 0 Å². The number of hydrogen-bond acceptors (Lipinski definition) is 4. The third-order valence-electron chi connectivity index (χ3n) is 5.74. The van der Waals surface area contributed by atoms with E-state index in [1.807, 2.05) is 62.4 Å². The van der Waals surface area contributed by atoms with Gasteiger partial charge in [0.15, 0.2) is 0 Å². The molecule has 3 aromatic carbocycles. The molecular formula is C27H24ClN3O3. The standard InChI is InChI=1S/C27H24ClN3O3/c1-17-11-12-22(15-18(17)2)30-25(32)20-9-6-10-21(16-20)29-24-23(28)26(33)31(27(24)34)14-13-19-7-4-3-5-8-19/h3-12,15-16,29H,13-14H2,1-2H3,(H,30,32). The van der Waals surface area contributed by atoms with Crippen LogP contribution in [0.3, 0.4) is 0 Å². The van der Waals surface area contributed by atoms with Crippen molar-refractivity contribution in [1.29, 1.82) is 0 Å². The zero-order valence-electron chi connectivity index (χ0n) is 18.9. The van der Waals surface area contributed by atoms with Gasteiger partial charge in [-0.25, -0.2) is 0 Å². The van der Waals surface area contributed by atoms with E-state index in [0.29, 0.717) is 23.4 Å². The maximum absolute atomic E-state index is 12.9. The van der Waals surface area contributed by atoms with E-state index in [0.717, 1.165) is 21.6 Å². The van der Waals surface area contributed by atoms with Crippen LogP contribution >= 0.6 is 11.6 Å². The predicted molar refractivity (Wildman–Crippen MR) is 134 cm³/mol. The Bertz CT molecular complexity index is 1300. The van der Waals surface area contributed by atoms with Gasteiger partial charge >= 0.3 is 0 Å². The van der Waals surface area contributed by atoms with Crippen LogP contribution in [0.2, 0.25) is 0 Å². The quantitative estimate of drug-likeness (QED) is 0.472. The fourth-order valence-corrected chi connectivity index (χ4v) is 3.88. The highest BCUT2D eigenvalue weighted by molar-refractivity contribution is 6.48. The minimum Gasteiger partial charge on any atom is -0.350 e. The number of halogens is 1. The summed E-state index contributed by atoms with van der Waals surface area (Å²) in [4.78, 5) is 39.3. The smallest absolute Gasteiger partial charge is 0.278 e. The summed E-state index contributed by atoms with van der Waals surface area (Å²) < 4.78 is 0. The Balaban J connectivity index is 1.45. The Morgan fingerprint density at radius 2 is 1.62 bits per heavy atom. The molecule has 2 N–H and O–H groups in total. The van der Waals surface area contributed by atoms with Gasteiger partial charge in [0.05, 0.1) is 0 Å². The molecule has 0 bridgehead atoms. The summed E-state index contributed by atoms with van der Waals surface area (Å²) in [5.41, 5.74) is 4.82. The largest absolute Gasteiger partial charge is 0.350 e. The molecule has 0 fully saturated rings. The molecule has 0 radical (unpaired) electrons. The van der Waals surface area contributed by atoms with Crippen LogP contribution in [-0.4, -0.2) is 29.2 Å². The van der Waals surface area contributed by atoms with Crippen LogP contribution in [-0.2, 0) is 16.0 Å². The van der Waals surface area contributed by atoms with Crippen molar-refractivity contribution in [2.24, 2.45) is 0 Å². The van der Waals surface area contributed by atoms with Gasteiger partial charge in [-0.05, 0) is 67.3 Å². The van der Waals surface area contributed by atoms with Gasteiger partial charge in [-0.2, -0.15) is 0 Å². The lowest BCUT2D eigenvalue weighted by Crippen LogP contribution is -2.34. The molecule has 0 aliphatic carbocycles. The highest BCUT2D eigenvalue weighted by Gasteiger charge is 2.37. The van der Waals surface area contributed by atoms with Gasteiger partial charge in [-0.1, -0.05) is 54.1 Å². The summed E-state index contributed by atoms with van der Waals surface area (Å²) in [6, 6.07) is 22.0. The van der Waals surface area contributed by atoms with E-state index in [9.17, 15) is 14.4 Å². The molecule has 6 nitrogen and oxygen atoms in total. The van der Waals surface area contributed by atoms with Crippen LogP contribution in [0, 0.1) is 13.8 Å². The summed E-state index contributed by atoms with van der Waals surface area (Å²) >= 11 is 6.21. The predicted octanol–water partition coefficient (Wildman–Crippen LogP) is 5.03. The second-order valence-corrected chi connectivity index (χ2v) is 8.52. The number of aryl methyl sites for hydroxylation is 2. The summed E-state index contributed by atoms with van der Waals surface area (Å²) in [6.07, 6.45) is 0.532. The maximum Gasteiger partial charge on any atom is 0.278 e. The second-order valence-electron chi connectivity index (χ2n) is 8.15. The number of rotatable bonds is 7. The van der Waals surface area contributed by atoms with Gasteiger partial charge in [0.25, 0.3) is 17.7 Å². The van der Waals surface area contributed by atoms with Gasteiger partial charge in [-0.3, -0.25) is 19.3 Å². The number of carbonyl (C=O) groups excluding carboxylic acids is 3. The Morgan fingerprint density at radius 3 is 2.35 bits per heavy atom. The summed E-state index contributed by atoms with van der Waals surface area (Å²) in [5.74, 6) is -1.31. The van der Waals surface area contributed by atoms with E-state index in [4.69, 9.17) is 11.6 Å². The van der Waals surface area contributed by atoms with Gasteiger partial charge in [0.1, 0.15) is 10.7 Å². The van der Waals surface area contributed by atoms with E-state index in [2.05, 4.69) is 10.6 Å². The molecule has 0 spiro atoms. The number of nitrogens with one attached hydrogen (secondary N) is 2. The number of amides is 3. The second kappa shape index (κ2) is 9.93.